The van der Waals surface area contributed by atoms with E-state index in [1.807, 2.05) is 7.05 Å². The first-order valence-electron chi connectivity index (χ1n) is 5.96. The second-order valence-corrected chi connectivity index (χ2v) is 4.58. The molecule has 0 aromatic carbocycles. The number of carbonyl (C=O) groups excluding carboxylic acids is 1. The maximum absolute atomic E-state index is 11.5. The number of nitrogens with zero attached hydrogens (tertiary/aromatic N) is 1. The van der Waals surface area contributed by atoms with Crippen LogP contribution in [0.2, 0.25) is 0 Å². The molecular weight excluding hydrogens is 222 g/mol. The molecule has 2 atom stereocenters. The topological polar surface area (TPSA) is 95.7 Å². The smallest absolute Gasteiger partial charge is 0.305 e. The summed E-state index contributed by atoms with van der Waals surface area (Å²) in [5.41, 5.74) is 5.46. The number of carboxylic acid groups (broad SMARTS) is 1. The minimum absolute atomic E-state index is 0.327. The van der Waals surface area contributed by atoms with Crippen LogP contribution in [0.3, 0.4) is 0 Å². The van der Waals surface area contributed by atoms with Crippen LogP contribution in [0.15, 0.2) is 0 Å². The van der Waals surface area contributed by atoms with Crippen LogP contribution in [-0.4, -0.2) is 54.1 Å². The number of carboxylic acids is 1. The van der Waals surface area contributed by atoms with Gasteiger partial charge in [-0.15, -0.1) is 0 Å². The number of rotatable bonds is 5. The van der Waals surface area contributed by atoms with E-state index in [0.29, 0.717) is 12.6 Å². The van der Waals surface area contributed by atoms with Gasteiger partial charge in [-0.2, -0.15) is 0 Å². The summed E-state index contributed by atoms with van der Waals surface area (Å²) in [7, 11) is 2.03. The number of hydrogen-bond acceptors (Lipinski definition) is 4. The van der Waals surface area contributed by atoms with Crippen molar-refractivity contribution >= 4 is 11.9 Å². The number of amides is 1. The Morgan fingerprint density at radius 1 is 1.53 bits per heavy atom. The summed E-state index contributed by atoms with van der Waals surface area (Å²) in [6.45, 7) is 1.59. The third-order valence-corrected chi connectivity index (χ3v) is 3.16. The van der Waals surface area contributed by atoms with Crippen molar-refractivity contribution in [1.82, 2.24) is 10.2 Å². The van der Waals surface area contributed by atoms with Crippen LogP contribution in [0.4, 0.5) is 0 Å². The molecule has 0 aromatic heterocycles. The summed E-state index contributed by atoms with van der Waals surface area (Å²) in [6.07, 6.45) is 3.10. The number of aliphatic carboxylic acids is 1. The predicted octanol–water partition coefficient (Wildman–Crippen LogP) is -0.611. The number of hydrogen-bond donors (Lipinski definition) is 3. The Labute approximate surface area is 101 Å². The summed E-state index contributed by atoms with van der Waals surface area (Å²) in [5.74, 6) is -1.44. The van der Waals surface area contributed by atoms with E-state index in [4.69, 9.17) is 10.8 Å². The lowest BCUT2D eigenvalue weighted by Gasteiger charge is -2.32. The van der Waals surface area contributed by atoms with Crippen molar-refractivity contribution in [3.05, 3.63) is 0 Å². The van der Waals surface area contributed by atoms with Crippen LogP contribution >= 0.6 is 0 Å². The number of nitrogens with two attached hydrogens (primary N) is 1. The quantitative estimate of drug-likeness (QED) is 0.598. The lowest BCUT2D eigenvalue weighted by molar-refractivity contribution is -0.139. The normalized spacial score (nSPS) is 23.1. The van der Waals surface area contributed by atoms with Gasteiger partial charge in [-0.25, -0.2) is 0 Å². The van der Waals surface area contributed by atoms with Crippen molar-refractivity contribution in [2.75, 3.05) is 20.1 Å². The van der Waals surface area contributed by atoms with Crippen molar-refractivity contribution in [3.63, 3.8) is 0 Å². The second-order valence-electron chi connectivity index (χ2n) is 4.58. The molecule has 0 saturated carbocycles. The Kier molecular flexibility index (Phi) is 5.37. The molecule has 1 amide bonds. The molecule has 1 heterocycles. The summed E-state index contributed by atoms with van der Waals surface area (Å²) >= 11 is 0. The van der Waals surface area contributed by atoms with Gasteiger partial charge in [0.2, 0.25) is 5.91 Å². The number of carbonyl (C=O) groups is 2. The average Bonchev–Trinajstić information content (AvgIpc) is 2.26. The molecule has 0 aliphatic carbocycles. The first kappa shape index (κ1) is 13.9. The van der Waals surface area contributed by atoms with Crippen LogP contribution < -0.4 is 11.1 Å². The molecule has 98 valence electrons. The number of piperidine rings is 1. The highest BCUT2D eigenvalue weighted by Crippen LogP contribution is 2.13. The van der Waals surface area contributed by atoms with Gasteiger partial charge in [-0.3, -0.25) is 9.59 Å². The van der Waals surface area contributed by atoms with E-state index in [1.165, 1.54) is 12.8 Å². The van der Waals surface area contributed by atoms with Crippen LogP contribution in [0.5, 0.6) is 0 Å². The molecule has 1 fully saturated rings. The molecule has 0 radical (unpaired) electrons. The Hall–Kier alpha value is -1.14. The van der Waals surface area contributed by atoms with E-state index in [9.17, 15) is 9.59 Å². The van der Waals surface area contributed by atoms with Gasteiger partial charge in [-0.05, 0) is 26.4 Å². The fourth-order valence-electron chi connectivity index (χ4n) is 2.03. The number of nitrogens with one attached hydrogen (secondary N) is 1. The molecular formula is C11H21N3O3. The zero-order valence-corrected chi connectivity index (χ0v) is 10.2. The van der Waals surface area contributed by atoms with E-state index >= 15 is 0 Å². The first-order chi connectivity index (χ1) is 8.00. The molecule has 1 rings (SSSR count). The van der Waals surface area contributed by atoms with Gasteiger partial charge in [0.15, 0.2) is 0 Å². The Morgan fingerprint density at radius 2 is 2.24 bits per heavy atom. The number of likely N-dealkylation sites (tertiary alicyclic amines) is 1. The maximum atomic E-state index is 11.5. The van der Waals surface area contributed by atoms with E-state index in [-0.39, 0.29) is 12.3 Å². The van der Waals surface area contributed by atoms with Gasteiger partial charge < -0.3 is 21.1 Å². The molecule has 6 nitrogen and oxygen atoms in total. The fourth-order valence-corrected chi connectivity index (χ4v) is 2.03. The van der Waals surface area contributed by atoms with Crippen LogP contribution in [0.25, 0.3) is 0 Å². The molecule has 2 unspecified atom stereocenters. The maximum Gasteiger partial charge on any atom is 0.305 e. The van der Waals surface area contributed by atoms with E-state index in [1.54, 1.807) is 0 Å². The molecule has 0 spiro atoms. The highest BCUT2D eigenvalue weighted by molar-refractivity contribution is 5.85. The second kappa shape index (κ2) is 6.56. The van der Waals surface area contributed by atoms with E-state index < -0.39 is 12.0 Å². The summed E-state index contributed by atoms with van der Waals surface area (Å²) in [5, 5.41) is 11.2. The SMILES string of the molecule is CN1CCCCC1CNC(=O)C(N)CC(=O)O. The minimum Gasteiger partial charge on any atom is -0.481 e. The lowest BCUT2D eigenvalue weighted by atomic mass is 10.0. The fraction of sp³-hybridized carbons (Fsp3) is 0.818. The summed E-state index contributed by atoms with van der Waals surface area (Å²) in [4.78, 5) is 24.1. The highest BCUT2D eigenvalue weighted by Gasteiger charge is 2.21. The molecule has 17 heavy (non-hydrogen) atoms. The monoisotopic (exact) mass is 243 g/mol. The minimum atomic E-state index is -1.05. The molecule has 0 bridgehead atoms. The average molecular weight is 243 g/mol. The Morgan fingerprint density at radius 3 is 2.82 bits per heavy atom. The molecule has 6 heteroatoms. The van der Waals surface area contributed by atoms with Crippen molar-refractivity contribution in [2.45, 2.75) is 37.8 Å². The highest BCUT2D eigenvalue weighted by atomic mass is 16.4. The number of likely N-dealkylation sites (N-methyl/N-ethyl adjacent to an activating group) is 1. The lowest BCUT2D eigenvalue weighted by Crippen LogP contribution is -2.49. The zero-order chi connectivity index (χ0) is 12.8. The molecule has 0 aromatic rings. The van der Waals surface area contributed by atoms with E-state index in [2.05, 4.69) is 10.2 Å². The summed E-state index contributed by atoms with van der Waals surface area (Å²) < 4.78 is 0. The third-order valence-electron chi connectivity index (χ3n) is 3.16. The molecule has 1 aliphatic rings. The third kappa shape index (κ3) is 4.70. The Balaban J connectivity index is 2.29. The van der Waals surface area contributed by atoms with Crippen molar-refractivity contribution < 1.29 is 14.7 Å². The molecule has 1 aliphatic heterocycles. The van der Waals surface area contributed by atoms with Gasteiger partial charge in [-0.1, -0.05) is 6.42 Å². The van der Waals surface area contributed by atoms with Crippen molar-refractivity contribution in [3.8, 4) is 0 Å². The van der Waals surface area contributed by atoms with E-state index in [0.717, 1.165) is 13.0 Å². The summed E-state index contributed by atoms with van der Waals surface area (Å²) in [6, 6.07) is -0.619. The first-order valence-corrected chi connectivity index (χ1v) is 5.96. The van der Waals surface area contributed by atoms with Crippen LogP contribution in [0, 0.1) is 0 Å². The Bertz CT molecular complexity index is 283. The predicted molar refractivity (Wildman–Crippen MR) is 63.5 cm³/mol. The van der Waals surface area contributed by atoms with Gasteiger partial charge >= 0.3 is 5.97 Å². The molecule has 4 N–H and O–H groups in total. The van der Waals surface area contributed by atoms with Crippen LogP contribution in [0.1, 0.15) is 25.7 Å². The molecule has 1 saturated heterocycles. The van der Waals surface area contributed by atoms with Crippen molar-refractivity contribution in [1.29, 1.82) is 0 Å². The van der Waals surface area contributed by atoms with Gasteiger partial charge in [0.1, 0.15) is 0 Å². The van der Waals surface area contributed by atoms with Crippen molar-refractivity contribution in [2.24, 2.45) is 5.73 Å². The zero-order valence-electron chi connectivity index (χ0n) is 10.2. The largest absolute Gasteiger partial charge is 0.481 e. The van der Waals surface area contributed by atoms with Gasteiger partial charge in [0.05, 0.1) is 12.5 Å². The van der Waals surface area contributed by atoms with Gasteiger partial charge in [0, 0.05) is 12.6 Å². The van der Waals surface area contributed by atoms with Crippen LogP contribution in [-0.2, 0) is 9.59 Å². The van der Waals surface area contributed by atoms with Gasteiger partial charge in [0.25, 0.3) is 0 Å². The standard InChI is InChI=1S/C11H21N3O3/c1-14-5-3-2-4-8(14)7-13-11(17)9(12)6-10(15)16/h8-9H,2-7,12H2,1H3,(H,13,17)(H,15,16).